The van der Waals surface area contributed by atoms with Gasteiger partial charge in [-0.3, -0.25) is 4.39 Å². The first-order valence-corrected chi connectivity index (χ1v) is 4.93. The molecule has 1 aromatic rings. The van der Waals surface area contributed by atoms with Crippen molar-refractivity contribution in [2.45, 2.75) is 13.3 Å². The number of halogens is 4. The molecule has 0 aliphatic carbocycles. The van der Waals surface area contributed by atoms with Crippen molar-refractivity contribution in [3.05, 3.63) is 28.5 Å². The molecule has 0 radical (unpaired) electrons. The number of aromatic nitrogens is 1. The van der Waals surface area contributed by atoms with E-state index in [1.807, 2.05) is 0 Å². The molecule has 96 valence electrons. The second-order valence-corrected chi connectivity index (χ2v) is 2.98. The molecule has 0 spiro atoms. The summed E-state index contributed by atoms with van der Waals surface area (Å²) in [6, 6.07) is 2.44. The van der Waals surface area contributed by atoms with Crippen LogP contribution in [0, 0.1) is 0 Å². The van der Waals surface area contributed by atoms with Crippen molar-refractivity contribution in [1.82, 2.24) is 4.98 Å². The number of nitrogens with zero attached hydrogens (tertiary/aromatic N) is 1. The van der Waals surface area contributed by atoms with Gasteiger partial charge in [-0.1, -0.05) is 11.6 Å². The van der Waals surface area contributed by atoms with Crippen LogP contribution in [0.2, 0.25) is 5.15 Å². The molecule has 1 heterocycles. The van der Waals surface area contributed by atoms with E-state index in [1.54, 1.807) is 6.92 Å². The topological polar surface area (TPSA) is 39.2 Å². The molecule has 0 aromatic carbocycles. The van der Waals surface area contributed by atoms with E-state index in [9.17, 15) is 18.0 Å². The molecule has 1 aromatic heterocycles. The third kappa shape index (κ3) is 4.60. The van der Waals surface area contributed by atoms with Crippen LogP contribution < -0.4 is 0 Å². The van der Waals surface area contributed by atoms with Crippen LogP contribution in [0.5, 0.6) is 0 Å². The van der Waals surface area contributed by atoms with Gasteiger partial charge in [0, 0.05) is 0 Å². The maximum Gasteiger partial charge on any atom is 0.340 e. The average Bonchev–Trinajstić information content (AvgIpc) is 2.31. The molecule has 7 heteroatoms. The van der Waals surface area contributed by atoms with Crippen LogP contribution in [0.4, 0.5) is 13.2 Å². The Kier molecular flexibility index (Phi) is 7.29. The second kappa shape index (κ2) is 7.89. The van der Waals surface area contributed by atoms with Crippen molar-refractivity contribution < 1.29 is 22.7 Å². The molecule has 17 heavy (non-hydrogen) atoms. The number of pyridine rings is 1. The molecule has 0 bridgehead atoms. The first-order valence-electron chi connectivity index (χ1n) is 4.55. The van der Waals surface area contributed by atoms with Gasteiger partial charge in [0.1, 0.15) is 10.8 Å². The zero-order valence-corrected chi connectivity index (χ0v) is 9.97. The van der Waals surface area contributed by atoms with Gasteiger partial charge >= 0.3 is 5.97 Å². The molecule has 0 aliphatic heterocycles. The fourth-order valence-electron chi connectivity index (χ4n) is 0.998. The van der Waals surface area contributed by atoms with E-state index < -0.39 is 18.1 Å². The minimum Gasteiger partial charge on any atom is -0.462 e. The van der Waals surface area contributed by atoms with E-state index in [-0.39, 0.29) is 17.3 Å². The Balaban J connectivity index is 0.00000121. The lowest BCUT2D eigenvalue weighted by Gasteiger charge is -2.07. The lowest BCUT2D eigenvalue weighted by molar-refractivity contribution is 0.0513. The number of hydrogen-bond acceptors (Lipinski definition) is 3. The predicted octanol–water partition coefficient (Wildman–Crippen LogP) is 3.44. The third-order valence-corrected chi connectivity index (χ3v) is 1.80. The minimum atomic E-state index is -2.86. The first-order chi connectivity index (χ1) is 8.06. The summed E-state index contributed by atoms with van der Waals surface area (Å²) in [7, 11) is 0.500. The summed E-state index contributed by atoms with van der Waals surface area (Å²) in [6.07, 6.45) is -2.86. The molecule has 0 aliphatic rings. The van der Waals surface area contributed by atoms with E-state index in [2.05, 4.69) is 9.72 Å². The van der Waals surface area contributed by atoms with Gasteiger partial charge in [0.2, 0.25) is 0 Å². The maximum absolute atomic E-state index is 12.5. The number of ether oxygens (including phenoxy) is 1. The first kappa shape index (κ1) is 15.7. The van der Waals surface area contributed by atoms with Crippen molar-refractivity contribution in [2.24, 2.45) is 0 Å². The van der Waals surface area contributed by atoms with Gasteiger partial charge in [0.25, 0.3) is 6.43 Å². The zero-order chi connectivity index (χ0) is 13.4. The highest BCUT2D eigenvalue weighted by Gasteiger charge is 2.21. The number of alkyl halides is 3. The van der Waals surface area contributed by atoms with Crippen LogP contribution in [-0.4, -0.2) is 24.7 Å². The summed E-state index contributed by atoms with van der Waals surface area (Å²) >= 11 is 5.45. The van der Waals surface area contributed by atoms with Gasteiger partial charge < -0.3 is 4.74 Å². The lowest BCUT2D eigenvalue weighted by Crippen LogP contribution is -2.10. The summed E-state index contributed by atoms with van der Waals surface area (Å²) < 4.78 is 39.1. The molecule has 0 saturated carbocycles. The highest BCUT2D eigenvalue weighted by atomic mass is 35.5. The average molecular weight is 270 g/mol. The smallest absolute Gasteiger partial charge is 0.340 e. The minimum absolute atomic E-state index is 0.0849. The highest BCUT2D eigenvalue weighted by Crippen LogP contribution is 2.23. The maximum atomic E-state index is 12.5. The Morgan fingerprint density at radius 2 is 2.06 bits per heavy atom. The van der Waals surface area contributed by atoms with Crippen molar-refractivity contribution in [2.75, 3.05) is 13.8 Å². The Morgan fingerprint density at radius 1 is 1.47 bits per heavy atom. The monoisotopic (exact) mass is 269 g/mol. The van der Waals surface area contributed by atoms with E-state index in [0.29, 0.717) is 7.18 Å². The summed E-state index contributed by atoms with van der Waals surface area (Å²) in [5.41, 5.74) is -0.905. The molecular formula is C10H11ClF3NO2. The largest absolute Gasteiger partial charge is 0.462 e. The Labute approximate surface area is 102 Å². The number of rotatable bonds is 3. The molecule has 0 N–H and O–H groups in total. The van der Waals surface area contributed by atoms with Crippen LogP contribution in [0.25, 0.3) is 0 Å². The van der Waals surface area contributed by atoms with Crippen molar-refractivity contribution in [3.8, 4) is 0 Å². The van der Waals surface area contributed by atoms with Crippen LogP contribution in [0.15, 0.2) is 12.1 Å². The third-order valence-electron chi connectivity index (χ3n) is 1.59. The Bertz CT molecular complexity index is 375. The standard InChI is InChI=1S/C9H8ClF2NO2.CH3F/c1-2-15-9(14)5-3-4-6(10)13-7(5)8(11)12;1-2/h3-4,8H,2H2,1H3;1H3. The van der Waals surface area contributed by atoms with Crippen molar-refractivity contribution in [1.29, 1.82) is 0 Å². The van der Waals surface area contributed by atoms with Gasteiger partial charge in [-0.2, -0.15) is 0 Å². The van der Waals surface area contributed by atoms with Gasteiger partial charge in [0.05, 0.1) is 19.3 Å². The molecular weight excluding hydrogens is 259 g/mol. The summed E-state index contributed by atoms with van der Waals surface area (Å²) in [4.78, 5) is 14.6. The van der Waals surface area contributed by atoms with E-state index in [4.69, 9.17) is 11.6 Å². The Morgan fingerprint density at radius 3 is 2.53 bits per heavy atom. The highest BCUT2D eigenvalue weighted by molar-refractivity contribution is 6.29. The number of carbonyl (C=O) groups excluding carboxylic acids is 1. The fraction of sp³-hybridized carbons (Fsp3) is 0.400. The molecule has 0 fully saturated rings. The van der Waals surface area contributed by atoms with Crippen LogP contribution in [0.3, 0.4) is 0 Å². The lowest BCUT2D eigenvalue weighted by atomic mass is 10.2. The molecule has 3 nitrogen and oxygen atoms in total. The fourth-order valence-corrected chi connectivity index (χ4v) is 1.15. The number of esters is 1. The van der Waals surface area contributed by atoms with Gasteiger partial charge in [-0.25, -0.2) is 18.6 Å². The molecule has 0 atom stereocenters. The van der Waals surface area contributed by atoms with Crippen LogP contribution >= 0.6 is 11.6 Å². The molecule has 0 saturated heterocycles. The van der Waals surface area contributed by atoms with Crippen LogP contribution in [-0.2, 0) is 4.74 Å². The summed E-state index contributed by atoms with van der Waals surface area (Å²) in [5, 5.41) is -0.0849. The quantitative estimate of drug-likeness (QED) is 0.623. The predicted molar refractivity (Wildman–Crippen MR) is 57.2 cm³/mol. The van der Waals surface area contributed by atoms with Crippen LogP contribution in [0.1, 0.15) is 29.4 Å². The molecule has 1 rings (SSSR count). The van der Waals surface area contributed by atoms with E-state index >= 15 is 0 Å². The second-order valence-electron chi connectivity index (χ2n) is 2.59. The normalized spacial score (nSPS) is 9.59. The zero-order valence-electron chi connectivity index (χ0n) is 9.21. The number of carbonyl (C=O) groups is 1. The summed E-state index contributed by atoms with van der Waals surface area (Å²) in [5.74, 6) is -0.822. The van der Waals surface area contributed by atoms with E-state index in [0.717, 1.165) is 0 Å². The van der Waals surface area contributed by atoms with E-state index in [1.165, 1.54) is 12.1 Å². The Hall–Kier alpha value is -1.30. The van der Waals surface area contributed by atoms with Gasteiger partial charge in [0.15, 0.2) is 0 Å². The van der Waals surface area contributed by atoms with Crippen molar-refractivity contribution in [3.63, 3.8) is 0 Å². The number of hydrogen-bond donors (Lipinski definition) is 0. The summed E-state index contributed by atoms with van der Waals surface area (Å²) in [6.45, 7) is 1.70. The SMILES string of the molecule is CCOC(=O)c1ccc(Cl)nc1C(F)F.CF. The van der Waals surface area contributed by atoms with Gasteiger partial charge in [-0.15, -0.1) is 0 Å². The van der Waals surface area contributed by atoms with Gasteiger partial charge in [-0.05, 0) is 19.1 Å². The van der Waals surface area contributed by atoms with Crippen molar-refractivity contribution >= 4 is 17.6 Å². The molecule has 0 amide bonds. The molecule has 0 unspecified atom stereocenters.